The smallest absolute Gasteiger partial charge is 0.0420 e. The zero-order chi connectivity index (χ0) is 28.7. The fourth-order valence-electron chi connectivity index (χ4n) is 7.10. The summed E-state index contributed by atoms with van der Waals surface area (Å²) in [6, 6.07) is 14.8. The molecule has 4 aliphatic heterocycles. The van der Waals surface area contributed by atoms with Gasteiger partial charge in [-0.15, -0.1) is 0 Å². The standard InChI is InChI=1S/C18H28N2.C18H26N2/c2*1-13-5-8-17(19-12-13)15-6-7-16-14(11-15)9-10-20(4)18(16,2)3/h6-7,11,13,17,19H,5,8-10,12H2,1-4H3;6-7,11,13H,5,8-10,12H2,1-4H3. The van der Waals surface area contributed by atoms with Gasteiger partial charge < -0.3 is 5.32 Å². The molecule has 40 heavy (non-hydrogen) atoms. The van der Waals surface area contributed by atoms with Crippen molar-refractivity contribution in [2.45, 2.75) is 97.2 Å². The molecule has 0 radical (unpaired) electrons. The number of rotatable bonds is 2. The molecule has 0 saturated carbocycles. The molecular formula is C36H54N4. The lowest BCUT2D eigenvalue weighted by atomic mass is 9.81. The second-order valence-corrected chi connectivity index (χ2v) is 14.3. The molecule has 4 heterocycles. The number of piperidine rings is 1. The Morgan fingerprint density at radius 3 is 1.95 bits per heavy atom. The highest BCUT2D eigenvalue weighted by molar-refractivity contribution is 6.01. The van der Waals surface area contributed by atoms with Crippen LogP contribution in [0.15, 0.2) is 41.4 Å². The van der Waals surface area contributed by atoms with Gasteiger partial charge in [-0.2, -0.15) is 0 Å². The maximum absolute atomic E-state index is 4.79. The molecular weight excluding hydrogens is 488 g/mol. The third-order valence-electron chi connectivity index (χ3n) is 10.8. The van der Waals surface area contributed by atoms with Crippen molar-refractivity contribution in [2.75, 3.05) is 40.3 Å². The first-order valence-electron chi connectivity index (χ1n) is 15.9. The number of likely N-dealkylation sites (N-methyl/N-ethyl adjacent to an activating group) is 2. The van der Waals surface area contributed by atoms with Gasteiger partial charge in [0.2, 0.25) is 0 Å². The first kappa shape index (κ1) is 29.5. The second-order valence-electron chi connectivity index (χ2n) is 14.3. The zero-order valence-electron chi connectivity index (χ0n) is 26.6. The number of hydrogen-bond acceptors (Lipinski definition) is 4. The minimum absolute atomic E-state index is 0.148. The van der Waals surface area contributed by atoms with Crippen LogP contribution in [0, 0.1) is 11.8 Å². The number of nitrogens with zero attached hydrogens (tertiary/aromatic N) is 3. The first-order chi connectivity index (χ1) is 19.0. The van der Waals surface area contributed by atoms with Gasteiger partial charge in [0.1, 0.15) is 0 Å². The average Bonchev–Trinajstić information content (AvgIpc) is 2.94. The SMILES string of the molecule is CC1CCC(c2ccc3c(c2)CCN(C)C3(C)C)=NC1.CC1CCC(c2ccc3c(c2)CCN(C)C3(C)C)NC1. The van der Waals surface area contributed by atoms with E-state index in [1.54, 1.807) is 5.56 Å². The Morgan fingerprint density at radius 1 is 0.750 bits per heavy atom. The van der Waals surface area contributed by atoms with E-state index in [1.807, 2.05) is 0 Å². The summed E-state index contributed by atoms with van der Waals surface area (Å²) in [5.41, 5.74) is 10.6. The van der Waals surface area contributed by atoms with Crippen LogP contribution in [0.2, 0.25) is 0 Å². The van der Waals surface area contributed by atoms with Crippen molar-refractivity contribution in [3.63, 3.8) is 0 Å². The van der Waals surface area contributed by atoms with Crippen molar-refractivity contribution in [1.82, 2.24) is 15.1 Å². The number of fused-ring (bicyclic) bond motifs is 2. The summed E-state index contributed by atoms with van der Waals surface area (Å²) in [6.07, 6.45) is 7.40. The van der Waals surface area contributed by atoms with Crippen molar-refractivity contribution in [3.05, 3.63) is 69.8 Å². The predicted molar refractivity (Wildman–Crippen MR) is 171 cm³/mol. The molecule has 0 bridgehead atoms. The van der Waals surface area contributed by atoms with Crippen molar-refractivity contribution >= 4 is 5.71 Å². The summed E-state index contributed by atoms with van der Waals surface area (Å²) in [5, 5.41) is 3.71. The fraction of sp³-hybridized carbons (Fsp3) is 0.639. The Bertz CT molecular complexity index is 1220. The summed E-state index contributed by atoms with van der Waals surface area (Å²) in [7, 11) is 4.46. The summed E-state index contributed by atoms with van der Waals surface area (Å²) >= 11 is 0. The summed E-state index contributed by atoms with van der Waals surface area (Å²) < 4.78 is 0. The molecule has 1 saturated heterocycles. The molecule has 0 amide bonds. The van der Waals surface area contributed by atoms with Crippen LogP contribution in [0.3, 0.4) is 0 Å². The van der Waals surface area contributed by atoms with Crippen LogP contribution in [0.1, 0.15) is 107 Å². The van der Waals surface area contributed by atoms with Crippen LogP contribution in [0.4, 0.5) is 0 Å². The van der Waals surface area contributed by atoms with E-state index in [0.717, 1.165) is 44.3 Å². The van der Waals surface area contributed by atoms with Crippen LogP contribution >= 0.6 is 0 Å². The normalized spacial score (nSPS) is 28.0. The average molecular weight is 543 g/mol. The van der Waals surface area contributed by atoms with Gasteiger partial charge in [0.05, 0.1) is 0 Å². The molecule has 3 unspecified atom stereocenters. The molecule has 0 aromatic heterocycles. The second kappa shape index (κ2) is 11.7. The Hall–Kier alpha value is -2.01. The molecule has 4 aliphatic rings. The van der Waals surface area contributed by atoms with Crippen molar-refractivity contribution in [1.29, 1.82) is 0 Å². The fourth-order valence-corrected chi connectivity index (χ4v) is 7.10. The van der Waals surface area contributed by atoms with E-state index >= 15 is 0 Å². The van der Waals surface area contributed by atoms with Crippen LogP contribution < -0.4 is 5.32 Å². The molecule has 4 heteroatoms. The minimum atomic E-state index is 0.148. The Morgan fingerprint density at radius 2 is 1.38 bits per heavy atom. The van der Waals surface area contributed by atoms with E-state index < -0.39 is 0 Å². The maximum atomic E-state index is 4.79. The van der Waals surface area contributed by atoms with Crippen LogP contribution in [-0.2, 0) is 23.9 Å². The Balaban J connectivity index is 0.000000161. The van der Waals surface area contributed by atoms with E-state index in [0.29, 0.717) is 6.04 Å². The van der Waals surface area contributed by atoms with Crippen molar-refractivity contribution < 1.29 is 0 Å². The third kappa shape index (κ3) is 5.96. The van der Waals surface area contributed by atoms with Gasteiger partial charge in [-0.25, -0.2) is 0 Å². The first-order valence-corrected chi connectivity index (χ1v) is 15.9. The number of hydrogen-bond donors (Lipinski definition) is 1. The summed E-state index contributed by atoms with van der Waals surface area (Å²) in [5.74, 6) is 1.58. The third-order valence-corrected chi connectivity index (χ3v) is 10.8. The summed E-state index contributed by atoms with van der Waals surface area (Å²) in [4.78, 5) is 9.71. The molecule has 2 aromatic carbocycles. The summed E-state index contributed by atoms with van der Waals surface area (Å²) in [6.45, 7) is 18.4. The van der Waals surface area contributed by atoms with Crippen LogP contribution in [0.5, 0.6) is 0 Å². The van der Waals surface area contributed by atoms with Crippen molar-refractivity contribution in [3.8, 4) is 0 Å². The van der Waals surface area contributed by atoms with Gasteiger partial charge >= 0.3 is 0 Å². The molecule has 3 atom stereocenters. The van der Waals surface area contributed by atoms with Gasteiger partial charge in [0.15, 0.2) is 0 Å². The largest absolute Gasteiger partial charge is 0.310 e. The highest BCUT2D eigenvalue weighted by Gasteiger charge is 2.33. The number of nitrogens with one attached hydrogen (secondary N) is 1. The van der Waals surface area contributed by atoms with Gasteiger partial charge in [-0.05, 0) is 138 Å². The molecule has 1 N–H and O–H groups in total. The van der Waals surface area contributed by atoms with Gasteiger partial charge in [0, 0.05) is 42.5 Å². The molecule has 2 aromatic rings. The lowest BCUT2D eigenvalue weighted by Gasteiger charge is -2.42. The predicted octanol–water partition coefficient (Wildman–Crippen LogP) is 7.10. The Kier molecular flexibility index (Phi) is 8.62. The quantitative estimate of drug-likeness (QED) is 0.439. The van der Waals surface area contributed by atoms with Gasteiger partial charge in [0.25, 0.3) is 0 Å². The van der Waals surface area contributed by atoms with Gasteiger partial charge in [-0.1, -0.05) is 44.2 Å². The van der Waals surface area contributed by atoms with E-state index in [2.05, 4.69) is 107 Å². The topological polar surface area (TPSA) is 30.9 Å². The van der Waals surface area contributed by atoms with Crippen LogP contribution in [-0.4, -0.2) is 55.8 Å². The number of aliphatic imine (C=N–C) groups is 1. The molecule has 6 rings (SSSR count). The Labute approximate surface area is 244 Å². The lowest BCUT2D eigenvalue weighted by molar-refractivity contribution is 0.143. The highest BCUT2D eigenvalue weighted by atomic mass is 15.2. The molecule has 1 fully saturated rings. The highest BCUT2D eigenvalue weighted by Crippen LogP contribution is 2.37. The maximum Gasteiger partial charge on any atom is 0.0420 e. The van der Waals surface area contributed by atoms with E-state index in [-0.39, 0.29) is 11.1 Å². The monoisotopic (exact) mass is 542 g/mol. The molecule has 4 nitrogen and oxygen atoms in total. The number of benzene rings is 2. The molecule has 0 spiro atoms. The van der Waals surface area contributed by atoms with Gasteiger partial charge in [-0.3, -0.25) is 14.8 Å². The molecule has 218 valence electrons. The molecule has 0 aliphatic carbocycles. The minimum Gasteiger partial charge on any atom is -0.310 e. The van der Waals surface area contributed by atoms with E-state index in [9.17, 15) is 0 Å². The van der Waals surface area contributed by atoms with Crippen molar-refractivity contribution in [2.24, 2.45) is 16.8 Å². The lowest BCUT2D eigenvalue weighted by Crippen LogP contribution is -2.44. The van der Waals surface area contributed by atoms with E-state index in [1.165, 1.54) is 65.8 Å². The zero-order valence-corrected chi connectivity index (χ0v) is 26.6. The van der Waals surface area contributed by atoms with Crippen LogP contribution in [0.25, 0.3) is 0 Å². The van der Waals surface area contributed by atoms with E-state index in [4.69, 9.17) is 4.99 Å².